The van der Waals surface area contributed by atoms with Gasteiger partial charge in [-0.2, -0.15) is 9.61 Å². The molecule has 5 rings (SSSR count). The normalized spacial score (nSPS) is 16.2. The minimum atomic E-state index is -0.506. The first kappa shape index (κ1) is 19.0. The van der Waals surface area contributed by atoms with Gasteiger partial charge in [-0.15, -0.1) is 0 Å². The summed E-state index contributed by atoms with van der Waals surface area (Å²) in [6.45, 7) is 1.96. The lowest BCUT2D eigenvalue weighted by Crippen LogP contribution is -2.21. The second-order valence-corrected chi connectivity index (χ2v) is 7.60. The van der Waals surface area contributed by atoms with Crippen molar-refractivity contribution in [2.24, 2.45) is 4.99 Å². The number of halogens is 1. The summed E-state index contributed by atoms with van der Waals surface area (Å²) in [4.78, 5) is 25.7. The lowest BCUT2D eigenvalue weighted by molar-refractivity contribution is 0.454. The molecule has 4 N–H and O–H groups in total. The van der Waals surface area contributed by atoms with Gasteiger partial charge in [0.15, 0.2) is 11.1 Å². The molecule has 10 heteroatoms. The monoisotopic (exact) mass is 421 g/mol. The van der Waals surface area contributed by atoms with Gasteiger partial charge in [-0.05, 0) is 43.5 Å². The predicted octanol–water partition coefficient (Wildman–Crippen LogP) is 1.37. The van der Waals surface area contributed by atoms with Crippen LogP contribution in [0.1, 0.15) is 37.1 Å². The summed E-state index contributed by atoms with van der Waals surface area (Å²) < 4.78 is 14.9. The Balaban J connectivity index is 1.61. The minimum absolute atomic E-state index is 0.121. The molecule has 158 valence electrons. The Morgan fingerprint density at radius 1 is 1.32 bits per heavy atom. The highest BCUT2D eigenvalue weighted by molar-refractivity contribution is 5.58. The third kappa shape index (κ3) is 3.91. The zero-order chi connectivity index (χ0) is 21.5. The van der Waals surface area contributed by atoms with Crippen LogP contribution in [0.5, 0.6) is 5.88 Å². The van der Waals surface area contributed by atoms with Crippen molar-refractivity contribution in [2.45, 2.75) is 31.8 Å². The SMILES string of the molecule is CC(Nc1cc(=NC2CC2)n2nc/c(=C\c3[nH]c(=O)[nH]c3O)c2n1)c1ccc(F)cc1. The number of nitrogens with one attached hydrogen (secondary N) is 3. The third-order valence-corrected chi connectivity index (χ3v) is 5.11. The van der Waals surface area contributed by atoms with Crippen LogP contribution in [0.15, 0.2) is 46.3 Å². The molecule has 1 saturated carbocycles. The highest BCUT2D eigenvalue weighted by atomic mass is 19.1. The first-order valence-electron chi connectivity index (χ1n) is 9.94. The molecule has 1 fully saturated rings. The fourth-order valence-corrected chi connectivity index (χ4v) is 3.33. The third-order valence-electron chi connectivity index (χ3n) is 5.11. The van der Waals surface area contributed by atoms with E-state index < -0.39 is 5.69 Å². The van der Waals surface area contributed by atoms with Crippen molar-refractivity contribution in [1.82, 2.24) is 24.6 Å². The molecule has 0 spiro atoms. The Labute approximate surface area is 175 Å². The fourth-order valence-electron chi connectivity index (χ4n) is 3.33. The van der Waals surface area contributed by atoms with Gasteiger partial charge in [0.1, 0.15) is 17.3 Å². The van der Waals surface area contributed by atoms with Gasteiger partial charge in [0.25, 0.3) is 0 Å². The van der Waals surface area contributed by atoms with Crippen molar-refractivity contribution < 1.29 is 9.50 Å². The number of imidazole rings is 1. The van der Waals surface area contributed by atoms with E-state index in [2.05, 4.69) is 25.4 Å². The van der Waals surface area contributed by atoms with E-state index in [1.54, 1.807) is 28.9 Å². The predicted molar refractivity (Wildman–Crippen MR) is 112 cm³/mol. The maximum atomic E-state index is 13.2. The van der Waals surface area contributed by atoms with E-state index in [9.17, 15) is 14.3 Å². The number of hydrogen-bond acceptors (Lipinski definition) is 6. The number of fused-ring (bicyclic) bond motifs is 1. The van der Waals surface area contributed by atoms with Gasteiger partial charge in [-0.25, -0.2) is 14.2 Å². The standard InChI is InChI=1S/C21H20FN7O2/c1-11(12-2-4-14(22)5-3-12)24-17-9-18(25-15-6-7-15)29-19(27-17)13(10-23-29)8-16-20(30)28-21(31)26-16/h2-5,8-11,15,24,30H,6-7H2,1H3,(H2,26,28,31)/b13-8+,25-18?. The van der Waals surface area contributed by atoms with Gasteiger partial charge >= 0.3 is 5.69 Å². The molecule has 0 amide bonds. The number of aromatic amines is 2. The van der Waals surface area contributed by atoms with Crippen LogP contribution < -0.4 is 21.7 Å². The van der Waals surface area contributed by atoms with Crippen molar-refractivity contribution in [3.63, 3.8) is 0 Å². The summed E-state index contributed by atoms with van der Waals surface area (Å²) in [5, 5.41) is 18.2. The van der Waals surface area contributed by atoms with Crippen LogP contribution in [-0.2, 0) is 0 Å². The van der Waals surface area contributed by atoms with Gasteiger partial charge in [0.2, 0.25) is 5.88 Å². The smallest absolute Gasteiger partial charge is 0.326 e. The van der Waals surface area contributed by atoms with Crippen LogP contribution in [-0.4, -0.2) is 35.7 Å². The number of aromatic nitrogens is 5. The van der Waals surface area contributed by atoms with Crippen molar-refractivity contribution in [1.29, 1.82) is 0 Å². The maximum absolute atomic E-state index is 13.2. The number of benzene rings is 1. The Morgan fingerprint density at radius 2 is 2.10 bits per heavy atom. The topological polar surface area (TPSA) is 123 Å². The molecule has 0 radical (unpaired) electrons. The van der Waals surface area contributed by atoms with E-state index in [4.69, 9.17) is 4.99 Å². The molecule has 0 aliphatic heterocycles. The Hall–Kier alpha value is -3.95. The van der Waals surface area contributed by atoms with E-state index >= 15 is 0 Å². The molecule has 1 aliphatic rings. The number of nitrogens with zero attached hydrogens (tertiary/aromatic N) is 4. The van der Waals surface area contributed by atoms with Crippen LogP contribution in [0, 0.1) is 5.82 Å². The highest BCUT2D eigenvalue weighted by Crippen LogP contribution is 2.23. The fraction of sp³-hybridized carbons (Fsp3) is 0.238. The van der Waals surface area contributed by atoms with Crippen LogP contribution >= 0.6 is 0 Å². The number of H-pyrrole nitrogens is 2. The zero-order valence-corrected chi connectivity index (χ0v) is 16.6. The molecule has 3 aromatic heterocycles. The molecule has 4 aromatic rings. The summed E-state index contributed by atoms with van der Waals surface area (Å²) >= 11 is 0. The summed E-state index contributed by atoms with van der Waals surface area (Å²) in [5.74, 6) is 0.0450. The van der Waals surface area contributed by atoms with Crippen LogP contribution in [0.2, 0.25) is 0 Å². The number of anilines is 1. The Kier molecular flexibility index (Phi) is 4.54. The van der Waals surface area contributed by atoms with E-state index in [0.717, 1.165) is 18.4 Å². The van der Waals surface area contributed by atoms with Crippen LogP contribution in [0.25, 0.3) is 11.7 Å². The van der Waals surface area contributed by atoms with E-state index in [-0.39, 0.29) is 29.5 Å². The quantitative estimate of drug-likeness (QED) is 0.388. The summed E-state index contributed by atoms with van der Waals surface area (Å²) in [5.41, 5.74) is 1.83. The molecule has 1 aliphatic carbocycles. The summed E-state index contributed by atoms with van der Waals surface area (Å²) in [7, 11) is 0. The minimum Gasteiger partial charge on any atom is -0.493 e. The molecule has 9 nitrogen and oxygen atoms in total. The summed E-state index contributed by atoms with van der Waals surface area (Å²) in [6, 6.07) is 8.28. The molecule has 31 heavy (non-hydrogen) atoms. The zero-order valence-electron chi connectivity index (χ0n) is 16.6. The van der Waals surface area contributed by atoms with E-state index in [1.807, 2.05) is 13.0 Å². The molecular weight excluding hydrogens is 401 g/mol. The summed E-state index contributed by atoms with van der Waals surface area (Å²) in [6.07, 6.45) is 5.28. The largest absolute Gasteiger partial charge is 0.493 e. The van der Waals surface area contributed by atoms with Crippen molar-refractivity contribution >= 4 is 17.5 Å². The lowest BCUT2D eigenvalue weighted by atomic mass is 10.1. The average molecular weight is 421 g/mol. The molecule has 0 bridgehead atoms. The molecule has 1 atom stereocenters. The molecule has 1 aromatic carbocycles. The van der Waals surface area contributed by atoms with Gasteiger partial charge in [-0.3, -0.25) is 9.98 Å². The van der Waals surface area contributed by atoms with Crippen LogP contribution in [0.3, 0.4) is 0 Å². The lowest BCUT2D eigenvalue weighted by Gasteiger charge is -2.15. The number of hydrogen-bond donors (Lipinski definition) is 4. The molecular formula is C21H20FN7O2. The van der Waals surface area contributed by atoms with E-state index in [1.165, 1.54) is 12.1 Å². The Bertz CT molecular complexity index is 1430. The highest BCUT2D eigenvalue weighted by Gasteiger charge is 2.20. The first-order valence-corrected chi connectivity index (χ1v) is 9.94. The molecule has 1 unspecified atom stereocenters. The van der Waals surface area contributed by atoms with Crippen molar-refractivity contribution in [3.05, 3.63) is 74.8 Å². The van der Waals surface area contributed by atoms with E-state index in [0.29, 0.717) is 22.2 Å². The average Bonchev–Trinajstić information content (AvgIpc) is 3.37. The molecule has 3 heterocycles. The Morgan fingerprint density at radius 3 is 2.77 bits per heavy atom. The van der Waals surface area contributed by atoms with Crippen LogP contribution in [0.4, 0.5) is 10.2 Å². The maximum Gasteiger partial charge on any atom is 0.326 e. The number of aromatic hydroxyl groups is 1. The van der Waals surface area contributed by atoms with Gasteiger partial charge < -0.3 is 15.4 Å². The first-order chi connectivity index (χ1) is 15.0. The van der Waals surface area contributed by atoms with Crippen molar-refractivity contribution in [2.75, 3.05) is 5.32 Å². The number of rotatable bonds is 5. The van der Waals surface area contributed by atoms with Crippen molar-refractivity contribution in [3.8, 4) is 5.88 Å². The second kappa shape index (κ2) is 7.38. The van der Waals surface area contributed by atoms with Gasteiger partial charge in [-0.1, -0.05) is 12.1 Å². The van der Waals surface area contributed by atoms with Gasteiger partial charge in [0.05, 0.1) is 12.2 Å². The molecule has 0 saturated heterocycles. The second-order valence-electron chi connectivity index (χ2n) is 7.60. The van der Waals surface area contributed by atoms with Gasteiger partial charge in [0, 0.05) is 17.3 Å².